The van der Waals surface area contributed by atoms with Crippen LogP contribution in [0.15, 0.2) is 42.5 Å². The molecule has 0 fully saturated rings. The number of hydrogen-bond donors (Lipinski definition) is 1. The number of hydrogen-bond acceptors (Lipinski definition) is 2. The molecule has 2 aromatic carbocycles. The summed E-state index contributed by atoms with van der Waals surface area (Å²) in [5.74, 6) is 0.156. The van der Waals surface area contributed by atoms with Gasteiger partial charge < -0.3 is 10.1 Å². The highest BCUT2D eigenvalue weighted by Gasteiger charge is 2.10. The molecule has 1 N–H and O–H groups in total. The average Bonchev–Trinajstić information content (AvgIpc) is 2.41. The molecule has 21 heavy (non-hydrogen) atoms. The lowest BCUT2D eigenvalue weighted by Crippen LogP contribution is -2.08. The minimum absolute atomic E-state index is 0.0499. The monoisotopic (exact) mass is 311 g/mol. The van der Waals surface area contributed by atoms with Gasteiger partial charge in [0.1, 0.15) is 5.75 Å². The third kappa shape index (κ3) is 4.33. The highest BCUT2D eigenvalue weighted by molar-refractivity contribution is 6.30. The van der Waals surface area contributed by atoms with Crippen LogP contribution in [0.1, 0.15) is 24.1 Å². The Hall–Kier alpha value is -1.81. The summed E-state index contributed by atoms with van der Waals surface area (Å²) < 4.78 is 28.9. The molecule has 5 heteroatoms. The van der Waals surface area contributed by atoms with Crippen molar-refractivity contribution in [2.24, 2.45) is 0 Å². The first-order valence-corrected chi connectivity index (χ1v) is 6.91. The van der Waals surface area contributed by atoms with Crippen molar-refractivity contribution >= 4 is 17.3 Å². The zero-order valence-electron chi connectivity index (χ0n) is 11.7. The lowest BCUT2D eigenvalue weighted by molar-refractivity contribution is -0.0498. The molecule has 2 rings (SSSR count). The predicted octanol–water partition coefficient (Wildman–Crippen LogP) is 5.42. The Morgan fingerprint density at radius 1 is 1.14 bits per heavy atom. The fourth-order valence-electron chi connectivity index (χ4n) is 2.07. The van der Waals surface area contributed by atoms with Crippen LogP contribution in [0.4, 0.5) is 14.5 Å². The minimum Gasteiger partial charge on any atom is -0.435 e. The van der Waals surface area contributed by atoms with Crippen LogP contribution < -0.4 is 10.1 Å². The maximum absolute atomic E-state index is 12.2. The van der Waals surface area contributed by atoms with Gasteiger partial charge in [0.15, 0.2) is 0 Å². The van der Waals surface area contributed by atoms with E-state index in [1.54, 1.807) is 18.2 Å². The second kappa shape index (κ2) is 6.76. The molecule has 0 saturated heterocycles. The Morgan fingerprint density at radius 2 is 1.90 bits per heavy atom. The smallest absolute Gasteiger partial charge is 0.387 e. The number of aryl methyl sites for hydroxylation is 1. The number of halogens is 3. The average molecular weight is 312 g/mol. The second-order valence-electron chi connectivity index (χ2n) is 4.78. The number of ether oxygens (including phenoxy) is 1. The Kier molecular flexibility index (Phi) is 5.02. The molecule has 0 bridgehead atoms. The van der Waals surface area contributed by atoms with E-state index in [1.807, 2.05) is 32.0 Å². The van der Waals surface area contributed by atoms with Crippen molar-refractivity contribution in [3.8, 4) is 5.75 Å². The molecule has 2 nitrogen and oxygen atoms in total. The van der Waals surface area contributed by atoms with Crippen LogP contribution in [0.3, 0.4) is 0 Å². The number of benzene rings is 2. The van der Waals surface area contributed by atoms with E-state index in [-0.39, 0.29) is 11.8 Å². The van der Waals surface area contributed by atoms with Crippen molar-refractivity contribution in [2.45, 2.75) is 26.5 Å². The van der Waals surface area contributed by atoms with Crippen LogP contribution >= 0.6 is 11.6 Å². The van der Waals surface area contributed by atoms with Gasteiger partial charge in [-0.15, -0.1) is 0 Å². The zero-order valence-corrected chi connectivity index (χ0v) is 12.5. The summed E-state index contributed by atoms with van der Waals surface area (Å²) in [6.45, 7) is 1.09. The van der Waals surface area contributed by atoms with Gasteiger partial charge >= 0.3 is 6.61 Å². The van der Waals surface area contributed by atoms with E-state index in [4.69, 9.17) is 11.6 Å². The van der Waals surface area contributed by atoms with Crippen molar-refractivity contribution in [1.29, 1.82) is 0 Å². The molecule has 1 unspecified atom stereocenters. The standard InChI is InChI=1S/C16H16ClF2NO/c1-10-8-13(17)6-7-15(10)20-11(2)12-4-3-5-14(9-12)21-16(18)19/h3-9,11,16,20H,1-2H3. The van der Waals surface area contributed by atoms with Gasteiger partial charge in [-0.2, -0.15) is 8.78 Å². The topological polar surface area (TPSA) is 21.3 Å². The molecule has 1 atom stereocenters. The lowest BCUT2D eigenvalue weighted by Gasteiger charge is -2.18. The predicted molar refractivity (Wildman–Crippen MR) is 81.3 cm³/mol. The van der Waals surface area contributed by atoms with Crippen molar-refractivity contribution in [3.63, 3.8) is 0 Å². The fourth-order valence-corrected chi connectivity index (χ4v) is 2.29. The van der Waals surface area contributed by atoms with Gasteiger partial charge in [0.25, 0.3) is 0 Å². The quantitative estimate of drug-likeness (QED) is 0.795. The van der Waals surface area contributed by atoms with Gasteiger partial charge in [-0.05, 0) is 55.3 Å². The Bertz CT molecular complexity index is 619. The summed E-state index contributed by atoms with van der Waals surface area (Å²) in [6, 6.07) is 12.2. The molecule has 0 aliphatic heterocycles. The summed E-state index contributed by atoms with van der Waals surface area (Å²) in [7, 11) is 0. The summed E-state index contributed by atoms with van der Waals surface area (Å²) in [6.07, 6.45) is 0. The van der Waals surface area contributed by atoms with E-state index < -0.39 is 6.61 Å². The van der Waals surface area contributed by atoms with Crippen molar-refractivity contribution < 1.29 is 13.5 Å². The largest absolute Gasteiger partial charge is 0.435 e. The summed E-state index contributed by atoms with van der Waals surface area (Å²) >= 11 is 5.92. The van der Waals surface area contributed by atoms with Gasteiger partial charge in [0.2, 0.25) is 0 Å². The van der Waals surface area contributed by atoms with Crippen LogP contribution in [0.25, 0.3) is 0 Å². The Labute approximate surface area is 127 Å². The lowest BCUT2D eigenvalue weighted by atomic mass is 10.1. The van der Waals surface area contributed by atoms with E-state index in [1.165, 1.54) is 6.07 Å². The molecular weight excluding hydrogens is 296 g/mol. The first kappa shape index (κ1) is 15.6. The number of nitrogens with one attached hydrogen (secondary N) is 1. The zero-order chi connectivity index (χ0) is 15.4. The third-order valence-electron chi connectivity index (χ3n) is 3.14. The first-order valence-electron chi connectivity index (χ1n) is 6.53. The molecule has 2 aromatic rings. The molecule has 0 radical (unpaired) electrons. The Morgan fingerprint density at radius 3 is 2.57 bits per heavy atom. The second-order valence-corrected chi connectivity index (χ2v) is 5.21. The van der Waals surface area contributed by atoms with Crippen LogP contribution in [-0.2, 0) is 0 Å². The molecule has 0 aliphatic rings. The highest BCUT2D eigenvalue weighted by atomic mass is 35.5. The van der Waals surface area contributed by atoms with E-state index in [2.05, 4.69) is 10.1 Å². The number of rotatable bonds is 5. The molecule has 112 valence electrons. The van der Waals surface area contributed by atoms with Crippen LogP contribution in [0, 0.1) is 6.92 Å². The Balaban J connectivity index is 2.14. The fraction of sp³-hybridized carbons (Fsp3) is 0.250. The summed E-state index contributed by atoms with van der Waals surface area (Å²) in [4.78, 5) is 0. The van der Waals surface area contributed by atoms with Crippen LogP contribution in [0.2, 0.25) is 5.02 Å². The maximum atomic E-state index is 12.2. The molecule has 0 aromatic heterocycles. The van der Waals surface area contributed by atoms with Crippen molar-refractivity contribution in [1.82, 2.24) is 0 Å². The molecular formula is C16H16ClF2NO. The van der Waals surface area contributed by atoms with Gasteiger partial charge in [-0.3, -0.25) is 0 Å². The van der Waals surface area contributed by atoms with Crippen LogP contribution in [-0.4, -0.2) is 6.61 Å². The third-order valence-corrected chi connectivity index (χ3v) is 3.38. The SMILES string of the molecule is Cc1cc(Cl)ccc1NC(C)c1cccc(OC(F)F)c1. The molecule has 0 saturated carbocycles. The number of alkyl halides is 2. The van der Waals surface area contributed by atoms with Gasteiger partial charge in [-0.25, -0.2) is 0 Å². The van der Waals surface area contributed by atoms with E-state index in [0.717, 1.165) is 16.8 Å². The summed E-state index contributed by atoms with van der Waals surface area (Å²) in [5, 5.41) is 4.01. The van der Waals surface area contributed by atoms with Crippen LogP contribution in [0.5, 0.6) is 5.75 Å². The highest BCUT2D eigenvalue weighted by Crippen LogP contribution is 2.26. The maximum Gasteiger partial charge on any atom is 0.387 e. The van der Waals surface area contributed by atoms with E-state index in [9.17, 15) is 8.78 Å². The molecule has 0 aliphatic carbocycles. The van der Waals surface area contributed by atoms with Gasteiger partial charge in [0, 0.05) is 16.8 Å². The normalized spacial score (nSPS) is 12.3. The molecule has 0 heterocycles. The molecule has 0 spiro atoms. The van der Waals surface area contributed by atoms with Gasteiger partial charge in [-0.1, -0.05) is 23.7 Å². The summed E-state index contributed by atoms with van der Waals surface area (Å²) in [5.41, 5.74) is 2.84. The van der Waals surface area contributed by atoms with E-state index >= 15 is 0 Å². The first-order chi connectivity index (χ1) is 9.95. The number of anilines is 1. The minimum atomic E-state index is -2.82. The van der Waals surface area contributed by atoms with Crippen molar-refractivity contribution in [3.05, 3.63) is 58.6 Å². The molecule has 0 amide bonds. The van der Waals surface area contributed by atoms with Gasteiger partial charge in [0.05, 0.1) is 0 Å². The van der Waals surface area contributed by atoms with E-state index in [0.29, 0.717) is 5.02 Å². The van der Waals surface area contributed by atoms with Crippen molar-refractivity contribution in [2.75, 3.05) is 5.32 Å².